The molecule has 1 saturated heterocycles. The maximum Gasteiger partial charge on any atom is 0.322 e. The zero-order valence-corrected chi connectivity index (χ0v) is 13.8. The lowest BCUT2D eigenvalue weighted by atomic mass is 10.2. The van der Waals surface area contributed by atoms with Crippen LogP contribution < -0.4 is 5.32 Å². The molecule has 5 nitrogen and oxygen atoms in total. The standard InChI is InChI=1S/C13H16Cl2N2O3S/c1-2-17(10-5-6-21(19,20)8-10)13(18)16-9-3-4-11(14)12(15)7-9/h3-4,7,10H,2,5-6,8H2,1H3,(H,16,18). The number of hydrogen-bond acceptors (Lipinski definition) is 3. The summed E-state index contributed by atoms with van der Waals surface area (Å²) in [6.07, 6.45) is 0.477. The van der Waals surface area contributed by atoms with Crippen LogP contribution in [-0.4, -0.2) is 43.4 Å². The third-order valence-electron chi connectivity index (χ3n) is 3.42. The van der Waals surface area contributed by atoms with Gasteiger partial charge in [-0.05, 0) is 31.5 Å². The molecule has 0 saturated carbocycles. The van der Waals surface area contributed by atoms with E-state index in [9.17, 15) is 13.2 Å². The quantitative estimate of drug-likeness (QED) is 0.910. The Labute approximate surface area is 134 Å². The number of amides is 2. The van der Waals surface area contributed by atoms with Crippen molar-refractivity contribution in [2.75, 3.05) is 23.4 Å². The van der Waals surface area contributed by atoms with Gasteiger partial charge in [0.2, 0.25) is 0 Å². The van der Waals surface area contributed by atoms with E-state index in [0.29, 0.717) is 28.7 Å². The molecule has 1 unspecified atom stereocenters. The first-order chi connectivity index (χ1) is 9.82. The Bertz CT molecular complexity index is 649. The third-order valence-corrected chi connectivity index (χ3v) is 5.91. The van der Waals surface area contributed by atoms with E-state index in [1.807, 2.05) is 6.92 Å². The van der Waals surface area contributed by atoms with Crippen molar-refractivity contribution in [3.05, 3.63) is 28.2 Å². The van der Waals surface area contributed by atoms with Gasteiger partial charge in [-0.25, -0.2) is 13.2 Å². The third kappa shape index (κ3) is 4.02. The van der Waals surface area contributed by atoms with Gasteiger partial charge in [0, 0.05) is 18.3 Å². The predicted octanol–water partition coefficient (Wildman–Crippen LogP) is 3.03. The van der Waals surface area contributed by atoms with Gasteiger partial charge in [0.05, 0.1) is 21.6 Å². The van der Waals surface area contributed by atoms with Crippen LogP contribution in [0.2, 0.25) is 10.0 Å². The lowest BCUT2D eigenvalue weighted by Gasteiger charge is -2.27. The number of hydrogen-bond donors (Lipinski definition) is 1. The number of urea groups is 1. The molecular weight excluding hydrogens is 335 g/mol. The van der Waals surface area contributed by atoms with Gasteiger partial charge in [-0.2, -0.15) is 0 Å². The number of anilines is 1. The SMILES string of the molecule is CCN(C(=O)Nc1ccc(Cl)c(Cl)c1)C1CCS(=O)(=O)C1. The summed E-state index contributed by atoms with van der Waals surface area (Å²) in [4.78, 5) is 13.8. The lowest BCUT2D eigenvalue weighted by molar-refractivity contribution is 0.197. The number of benzene rings is 1. The monoisotopic (exact) mass is 350 g/mol. The second kappa shape index (κ2) is 6.42. The molecule has 1 fully saturated rings. The number of carbonyl (C=O) groups is 1. The molecule has 1 atom stereocenters. The van der Waals surface area contributed by atoms with Crippen LogP contribution in [0.5, 0.6) is 0 Å². The maximum atomic E-state index is 12.3. The average molecular weight is 351 g/mol. The first-order valence-electron chi connectivity index (χ1n) is 6.55. The highest BCUT2D eigenvalue weighted by Crippen LogP contribution is 2.25. The van der Waals surface area contributed by atoms with Crippen molar-refractivity contribution in [1.29, 1.82) is 0 Å². The van der Waals surface area contributed by atoms with Crippen LogP contribution in [0.4, 0.5) is 10.5 Å². The molecule has 0 spiro atoms. The molecule has 2 amide bonds. The number of sulfone groups is 1. The highest BCUT2D eigenvalue weighted by atomic mass is 35.5. The van der Waals surface area contributed by atoms with E-state index < -0.39 is 9.84 Å². The van der Waals surface area contributed by atoms with Gasteiger partial charge in [-0.3, -0.25) is 0 Å². The van der Waals surface area contributed by atoms with E-state index in [0.717, 1.165) is 0 Å². The Kier molecular flexibility index (Phi) is 5.01. The van der Waals surface area contributed by atoms with Crippen LogP contribution >= 0.6 is 23.2 Å². The second-order valence-electron chi connectivity index (χ2n) is 4.90. The normalized spacial score (nSPS) is 20.2. The number of nitrogens with one attached hydrogen (secondary N) is 1. The number of carbonyl (C=O) groups excluding carboxylic acids is 1. The predicted molar refractivity (Wildman–Crippen MR) is 84.9 cm³/mol. The first kappa shape index (κ1) is 16.4. The van der Waals surface area contributed by atoms with Crippen molar-refractivity contribution in [3.8, 4) is 0 Å². The van der Waals surface area contributed by atoms with Crippen molar-refractivity contribution in [2.24, 2.45) is 0 Å². The van der Waals surface area contributed by atoms with Crippen LogP contribution in [0.1, 0.15) is 13.3 Å². The topological polar surface area (TPSA) is 66.5 Å². The largest absolute Gasteiger partial charge is 0.322 e. The summed E-state index contributed by atoms with van der Waals surface area (Å²) in [5, 5.41) is 3.47. The summed E-state index contributed by atoms with van der Waals surface area (Å²) >= 11 is 11.7. The highest BCUT2D eigenvalue weighted by Gasteiger charge is 2.33. The van der Waals surface area contributed by atoms with Crippen LogP contribution in [0.25, 0.3) is 0 Å². The Hall–Kier alpha value is -0.980. The van der Waals surface area contributed by atoms with Crippen molar-refractivity contribution in [1.82, 2.24) is 4.90 Å². The minimum Gasteiger partial charge on any atom is -0.321 e. The summed E-state index contributed by atoms with van der Waals surface area (Å²) in [5.41, 5.74) is 0.522. The van der Waals surface area contributed by atoms with Gasteiger partial charge in [0.15, 0.2) is 9.84 Å². The van der Waals surface area contributed by atoms with Gasteiger partial charge in [0.25, 0.3) is 0 Å². The molecule has 1 aliphatic rings. The molecule has 1 N–H and O–H groups in total. The minimum absolute atomic E-state index is 0.0234. The van der Waals surface area contributed by atoms with Crippen LogP contribution in [0, 0.1) is 0 Å². The van der Waals surface area contributed by atoms with Crippen molar-refractivity contribution < 1.29 is 13.2 Å². The van der Waals surface area contributed by atoms with E-state index in [4.69, 9.17) is 23.2 Å². The Morgan fingerprint density at radius 2 is 2.10 bits per heavy atom. The molecule has 8 heteroatoms. The highest BCUT2D eigenvalue weighted by molar-refractivity contribution is 7.91. The molecule has 0 radical (unpaired) electrons. The van der Waals surface area contributed by atoms with Crippen LogP contribution in [0.15, 0.2) is 18.2 Å². The van der Waals surface area contributed by atoms with Crippen molar-refractivity contribution >= 4 is 44.8 Å². The molecule has 1 aliphatic heterocycles. The average Bonchev–Trinajstić information content (AvgIpc) is 2.75. The number of halogens is 2. The fourth-order valence-electron chi connectivity index (χ4n) is 2.36. The smallest absolute Gasteiger partial charge is 0.321 e. The Morgan fingerprint density at radius 1 is 1.38 bits per heavy atom. The summed E-state index contributed by atoms with van der Waals surface area (Å²) in [5.74, 6) is 0.157. The Morgan fingerprint density at radius 3 is 2.62 bits per heavy atom. The first-order valence-corrected chi connectivity index (χ1v) is 9.13. The van der Waals surface area contributed by atoms with Crippen molar-refractivity contribution in [3.63, 3.8) is 0 Å². The van der Waals surface area contributed by atoms with E-state index in [1.165, 1.54) is 4.90 Å². The lowest BCUT2D eigenvalue weighted by Crippen LogP contribution is -2.43. The van der Waals surface area contributed by atoms with E-state index >= 15 is 0 Å². The minimum atomic E-state index is -3.03. The molecule has 2 rings (SSSR count). The summed E-state index contributed by atoms with van der Waals surface area (Å²) in [6, 6.07) is 4.18. The molecule has 1 aromatic carbocycles. The van der Waals surface area contributed by atoms with Gasteiger partial charge in [0.1, 0.15) is 0 Å². The van der Waals surface area contributed by atoms with Crippen LogP contribution in [0.3, 0.4) is 0 Å². The number of nitrogens with zero attached hydrogens (tertiary/aromatic N) is 1. The molecule has 1 aromatic rings. The van der Waals surface area contributed by atoms with E-state index in [1.54, 1.807) is 18.2 Å². The van der Waals surface area contributed by atoms with Crippen LogP contribution in [-0.2, 0) is 9.84 Å². The molecule has 0 aromatic heterocycles. The fraction of sp³-hybridized carbons (Fsp3) is 0.462. The van der Waals surface area contributed by atoms with Gasteiger partial charge >= 0.3 is 6.03 Å². The number of rotatable bonds is 3. The molecule has 116 valence electrons. The summed E-state index contributed by atoms with van der Waals surface area (Å²) in [7, 11) is -3.03. The molecule has 21 heavy (non-hydrogen) atoms. The molecule has 0 bridgehead atoms. The van der Waals surface area contributed by atoms with Gasteiger partial charge in [-0.1, -0.05) is 23.2 Å². The summed E-state index contributed by atoms with van der Waals surface area (Å²) in [6.45, 7) is 2.26. The zero-order valence-electron chi connectivity index (χ0n) is 11.5. The molecule has 0 aliphatic carbocycles. The summed E-state index contributed by atoms with van der Waals surface area (Å²) < 4.78 is 23.1. The van der Waals surface area contributed by atoms with Crippen molar-refractivity contribution in [2.45, 2.75) is 19.4 Å². The maximum absolute atomic E-state index is 12.3. The van der Waals surface area contributed by atoms with E-state index in [-0.39, 0.29) is 23.6 Å². The van der Waals surface area contributed by atoms with Gasteiger partial charge < -0.3 is 10.2 Å². The molecule has 1 heterocycles. The fourth-order valence-corrected chi connectivity index (χ4v) is 4.39. The Balaban J connectivity index is 2.08. The van der Waals surface area contributed by atoms with E-state index in [2.05, 4.69) is 5.32 Å². The zero-order chi connectivity index (χ0) is 15.6. The van der Waals surface area contributed by atoms with Gasteiger partial charge in [-0.15, -0.1) is 0 Å². The second-order valence-corrected chi connectivity index (χ2v) is 7.95. The molecular formula is C13H16Cl2N2O3S.